The average Bonchev–Trinajstić information content (AvgIpc) is 3.54. The lowest BCUT2D eigenvalue weighted by atomic mass is 9.86. The number of benzene rings is 1. The van der Waals surface area contributed by atoms with Crippen LogP contribution < -0.4 is 4.90 Å². The molecule has 3 amide bonds. The third-order valence-corrected chi connectivity index (χ3v) is 7.76. The zero-order valence-electron chi connectivity index (χ0n) is 21.1. The second-order valence-corrected chi connectivity index (χ2v) is 9.75. The van der Waals surface area contributed by atoms with Crippen molar-refractivity contribution in [2.45, 2.75) is 45.2 Å². The van der Waals surface area contributed by atoms with Crippen LogP contribution in [0.25, 0.3) is 11.1 Å². The predicted molar refractivity (Wildman–Crippen MR) is 136 cm³/mol. The molecule has 2 aliphatic heterocycles. The molecule has 0 saturated carbocycles. The quantitative estimate of drug-likeness (QED) is 0.534. The summed E-state index contributed by atoms with van der Waals surface area (Å²) >= 11 is 0. The van der Waals surface area contributed by atoms with Gasteiger partial charge in [0.25, 0.3) is 0 Å². The molecule has 0 radical (unpaired) electrons. The van der Waals surface area contributed by atoms with E-state index in [-0.39, 0.29) is 24.3 Å². The number of nitrogens with zero attached hydrogens (tertiary/aromatic N) is 5. The van der Waals surface area contributed by atoms with E-state index < -0.39 is 12.1 Å². The van der Waals surface area contributed by atoms with Crippen molar-refractivity contribution in [3.05, 3.63) is 65.4 Å². The van der Waals surface area contributed by atoms with Gasteiger partial charge in [0, 0.05) is 37.0 Å². The fourth-order valence-electron chi connectivity index (χ4n) is 5.48. The van der Waals surface area contributed by atoms with Crippen LogP contribution in [-0.4, -0.2) is 73.8 Å². The van der Waals surface area contributed by atoms with Crippen LogP contribution in [0.3, 0.4) is 0 Å². The number of pyridine rings is 1. The van der Waals surface area contributed by atoms with Crippen LogP contribution in [0.1, 0.15) is 36.6 Å². The van der Waals surface area contributed by atoms with E-state index in [1.54, 1.807) is 29.0 Å². The number of nitrogens with one attached hydrogen (secondary N) is 1. The molecule has 9 nitrogen and oxygen atoms in total. The van der Waals surface area contributed by atoms with Crippen LogP contribution in [0.5, 0.6) is 0 Å². The number of hydrogen-bond donors (Lipinski definition) is 2. The molecule has 10 heteroatoms. The highest BCUT2D eigenvalue weighted by molar-refractivity contribution is 5.95. The Kier molecular flexibility index (Phi) is 6.68. The summed E-state index contributed by atoms with van der Waals surface area (Å²) in [5.74, 6) is -0.0454. The third kappa shape index (κ3) is 4.46. The molecule has 4 heterocycles. The Morgan fingerprint density at radius 1 is 1.22 bits per heavy atom. The van der Waals surface area contributed by atoms with Crippen LogP contribution in [0.15, 0.2) is 42.7 Å². The van der Waals surface area contributed by atoms with Gasteiger partial charge in [0.1, 0.15) is 18.2 Å². The fourth-order valence-corrected chi connectivity index (χ4v) is 5.48. The van der Waals surface area contributed by atoms with Gasteiger partial charge in [0.15, 0.2) is 0 Å². The minimum atomic E-state index is -0.542. The molecule has 2 fully saturated rings. The van der Waals surface area contributed by atoms with Gasteiger partial charge in [0.2, 0.25) is 5.91 Å². The first kappa shape index (κ1) is 24.9. The van der Waals surface area contributed by atoms with Crippen LogP contribution in [-0.2, 0) is 17.8 Å². The summed E-state index contributed by atoms with van der Waals surface area (Å²) in [5.41, 5.74) is 3.49. The largest absolute Gasteiger partial charge is 0.387 e. The number of aryl methyl sites for hydroxylation is 1. The molecule has 1 aromatic carbocycles. The number of aliphatic hydroxyl groups is 1. The molecule has 5 rings (SSSR count). The maximum atomic E-state index is 14.3. The minimum Gasteiger partial charge on any atom is -0.387 e. The van der Waals surface area contributed by atoms with E-state index in [0.717, 1.165) is 22.4 Å². The molecule has 37 heavy (non-hydrogen) atoms. The van der Waals surface area contributed by atoms with E-state index in [9.17, 15) is 19.1 Å². The Morgan fingerprint density at radius 3 is 2.68 bits per heavy atom. The van der Waals surface area contributed by atoms with E-state index in [1.807, 2.05) is 36.2 Å². The summed E-state index contributed by atoms with van der Waals surface area (Å²) < 4.78 is 14.3. The molecule has 2 aliphatic rings. The Morgan fingerprint density at radius 2 is 2.00 bits per heavy atom. The highest BCUT2D eigenvalue weighted by atomic mass is 19.1. The molecule has 2 aromatic heterocycles. The van der Waals surface area contributed by atoms with Crippen molar-refractivity contribution in [2.24, 2.45) is 0 Å². The number of aliphatic hydroxyl groups excluding tert-OH is 1. The van der Waals surface area contributed by atoms with Crippen molar-refractivity contribution < 1.29 is 19.1 Å². The van der Waals surface area contributed by atoms with E-state index in [4.69, 9.17) is 4.98 Å². The highest BCUT2D eigenvalue weighted by Crippen LogP contribution is 2.40. The number of likely N-dealkylation sites (tertiary alicyclic amines) is 1. The van der Waals surface area contributed by atoms with E-state index in [0.29, 0.717) is 50.3 Å². The van der Waals surface area contributed by atoms with Crippen molar-refractivity contribution in [3.8, 4) is 11.1 Å². The van der Waals surface area contributed by atoms with Crippen LogP contribution in [0.2, 0.25) is 0 Å². The fraction of sp³-hybridized carbons (Fsp3) is 0.407. The molecule has 2 saturated heterocycles. The Labute approximate surface area is 214 Å². The summed E-state index contributed by atoms with van der Waals surface area (Å²) in [6, 6.07) is 8.57. The van der Waals surface area contributed by atoms with Gasteiger partial charge in [-0.3, -0.25) is 14.8 Å². The number of halogens is 1. The second kappa shape index (κ2) is 9.93. The third-order valence-electron chi connectivity index (χ3n) is 7.76. The lowest BCUT2D eigenvalue weighted by molar-refractivity contribution is -0.136. The van der Waals surface area contributed by atoms with E-state index in [2.05, 4.69) is 10.2 Å². The molecule has 3 aromatic rings. The molecule has 0 aliphatic carbocycles. The van der Waals surface area contributed by atoms with Crippen molar-refractivity contribution in [3.63, 3.8) is 0 Å². The maximum Gasteiger partial charge on any atom is 0.326 e. The Bertz CT molecular complexity index is 1300. The van der Waals surface area contributed by atoms with E-state index >= 15 is 0 Å². The number of anilines is 1. The maximum absolute atomic E-state index is 14.3. The van der Waals surface area contributed by atoms with Crippen molar-refractivity contribution in [1.82, 2.24) is 25.0 Å². The Balaban J connectivity index is 1.49. The van der Waals surface area contributed by atoms with Crippen LogP contribution in [0, 0.1) is 12.7 Å². The first-order valence-electron chi connectivity index (χ1n) is 12.6. The number of rotatable bonds is 6. The van der Waals surface area contributed by atoms with Crippen molar-refractivity contribution in [2.75, 3.05) is 31.1 Å². The number of carbonyl (C=O) groups is 2. The average molecular weight is 507 g/mol. The number of amides is 3. The molecule has 2 N–H and O–H groups in total. The molecular formula is C27H31FN6O3. The van der Waals surface area contributed by atoms with Gasteiger partial charge in [-0.05, 0) is 55.5 Å². The van der Waals surface area contributed by atoms with Gasteiger partial charge >= 0.3 is 6.03 Å². The van der Waals surface area contributed by atoms with Crippen LogP contribution in [0.4, 0.5) is 15.0 Å². The Hall–Kier alpha value is -3.79. The highest BCUT2D eigenvalue weighted by Gasteiger charge is 2.52. The summed E-state index contributed by atoms with van der Waals surface area (Å²) in [5, 5.41) is 16.2. The normalized spacial score (nSPS) is 17.2. The SMILES string of the molecule is CCc1nc(N2CC3(CCN(C(=O)CO)CC3)N(Cc3cccc(F)c3C)C2=O)ccc1-c1cn[nH]c1. The number of carbonyl (C=O) groups excluding carboxylic acids is 2. The number of H-pyrrole nitrogens is 1. The lowest BCUT2D eigenvalue weighted by Gasteiger charge is -2.43. The summed E-state index contributed by atoms with van der Waals surface area (Å²) in [7, 11) is 0. The van der Waals surface area contributed by atoms with Gasteiger partial charge in [0.05, 0.1) is 24.0 Å². The second-order valence-electron chi connectivity index (χ2n) is 9.75. The molecule has 0 atom stereocenters. The van der Waals surface area contributed by atoms with Crippen LogP contribution >= 0.6 is 0 Å². The smallest absolute Gasteiger partial charge is 0.326 e. The number of aromatic nitrogens is 3. The predicted octanol–water partition coefficient (Wildman–Crippen LogP) is 3.28. The zero-order chi connectivity index (χ0) is 26.2. The molecule has 1 spiro atoms. The molecule has 0 unspecified atom stereocenters. The first-order chi connectivity index (χ1) is 17.9. The lowest BCUT2D eigenvalue weighted by Crippen LogP contribution is -2.55. The number of aromatic amines is 1. The summed E-state index contributed by atoms with van der Waals surface area (Å²) in [6.07, 6.45) is 5.37. The van der Waals surface area contributed by atoms with Gasteiger partial charge in [-0.25, -0.2) is 14.2 Å². The van der Waals surface area contributed by atoms with Gasteiger partial charge in [-0.15, -0.1) is 0 Å². The van der Waals surface area contributed by atoms with Crippen molar-refractivity contribution in [1.29, 1.82) is 0 Å². The minimum absolute atomic E-state index is 0.184. The summed E-state index contributed by atoms with van der Waals surface area (Å²) in [4.78, 5) is 36.1. The number of urea groups is 1. The topological polar surface area (TPSA) is 106 Å². The zero-order valence-corrected chi connectivity index (χ0v) is 21.1. The summed E-state index contributed by atoms with van der Waals surface area (Å²) in [6.45, 7) is 4.77. The van der Waals surface area contributed by atoms with Gasteiger partial charge < -0.3 is 14.9 Å². The first-order valence-corrected chi connectivity index (χ1v) is 12.6. The number of piperidine rings is 1. The van der Waals surface area contributed by atoms with Gasteiger partial charge in [-0.1, -0.05) is 19.1 Å². The molecular weight excluding hydrogens is 475 g/mol. The number of hydrogen-bond acceptors (Lipinski definition) is 5. The molecule has 194 valence electrons. The standard InChI is InChI=1S/C27H31FN6O3/c1-3-23-21(20-13-29-30-14-20)7-8-24(31-23)33-17-27(9-11-32(12-10-27)25(36)16-35)34(26(33)37)15-19-5-4-6-22(28)18(19)2/h4-8,13-14,35H,3,9-12,15-17H2,1-2H3,(H,29,30). The monoisotopic (exact) mass is 506 g/mol. The molecule has 0 bridgehead atoms. The van der Waals surface area contributed by atoms with Gasteiger partial charge in [-0.2, -0.15) is 5.10 Å². The van der Waals surface area contributed by atoms with E-state index in [1.165, 1.54) is 6.07 Å². The van der Waals surface area contributed by atoms with Crippen molar-refractivity contribution >= 4 is 17.8 Å².